The van der Waals surface area contributed by atoms with Crippen molar-refractivity contribution in [1.82, 2.24) is 20.1 Å². The molecule has 1 N–H and O–H groups in total. The Morgan fingerprint density at radius 1 is 1.17 bits per heavy atom. The summed E-state index contributed by atoms with van der Waals surface area (Å²) in [7, 11) is 0. The molecule has 0 aliphatic rings. The van der Waals surface area contributed by atoms with Gasteiger partial charge in [-0.3, -0.25) is 4.79 Å². The highest BCUT2D eigenvalue weighted by Gasteiger charge is 2.14. The van der Waals surface area contributed by atoms with Crippen LogP contribution in [0.25, 0.3) is 11.4 Å². The average molecular weight is 328 g/mol. The third-order valence-electron chi connectivity index (χ3n) is 3.93. The molecule has 0 aliphatic heterocycles. The van der Waals surface area contributed by atoms with Crippen LogP contribution >= 0.6 is 0 Å². The Balaban J connectivity index is 1.95. The number of carbonyl (C=O) groups is 1. The summed E-state index contributed by atoms with van der Waals surface area (Å²) in [6.07, 6.45) is 3.34. The number of carbonyl (C=O) groups excluding carboxylic acids is 1. The maximum absolute atomic E-state index is 12.3. The fraction of sp³-hybridized carbons (Fsp3) is 0.526. The number of aryl methyl sites for hydroxylation is 1. The number of aromatic nitrogens is 3. The molecule has 1 unspecified atom stereocenters. The van der Waals surface area contributed by atoms with Crippen LogP contribution in [0.2, 0.25) is 0 Å². The van der Waals surface area contributed by atoms with E-state index >= 15 is 0 Å². The normalized spacial score (nSPS) is 12.4. The fourth-order valence-electron chi connectivity index (χ4n) is 2.73. The van der Waals surface area contributed by atoms with E-state index in [-0.39, 0.29) is 18.5 Å². The van der Waals surface area contributed by atoms with Crippen LogP contribution in [0.3, 0.4) is 0 Å². The Morgan fingerprint density at radius 2 is 1.88 bits per heavy atom. The summed E-state index contributed by atoms with van der Waals surface area (Å²) < 4.78 is 1.68. The summed E-state index contributed by atoms with van der Waals surface area (Å²) in [5.74, 6) is 2.09. The molecule has 0 aliphatic carbocycles. The first-order chi connectivity index (χ1) is 11.5. The molecule has 24 heavy (non-hydrogen) atoms. The molecule has 0 saturated carbocycles. The van der Waals surface area contributed by atoms with Gasteiger partial charge in [0.2, 0.25) is 5.91 Å². The van der Waals surface area contributed by atoms with E-state index < -0.39 is 0 Å². The number of nitrogens with zero attached hydrogens (tertiary/aromatic N) is 3. The van der Waals surface area contributed by atoms with Gasteiger partial charge in [-0.05, 0) is 26.2 Å². The van der Waals surface area contributed by atoms with E-state index in [1.54, 1.807) is 4.68 Å². The second-order valence-corrected chi connectivity index (χ2v) is 6.80. The molecule has 1 aromatic heterocycles. The molecule has 2 aromatic rings. The highest BCUT2D eigenvalue weighted by Crippen LogP contribution is 2.16. The van der Waals surface area contributed by atoms with Gasteiger partial charge in [0.15, 0.2) is 5.82 Å². The standard InChI is InChI=1S/C19H28N4O/c1-14(2)9-8-10-15(3)20-18(24)13-23-19(21-16(4)22-23)17-11-6-5-7-12-17/h5-7,11-12,14-15H,8-10,13H2,1-4H3,(H,20,24). The second-order valence-electron chi connectivity index (χ2n) is 6.80. The largest absolute Gasteiger partial charge is 0.352 e. The minimum Gasteiger partial charge on any atom is -0.352 e. The average Bonchev–Trinajstić information content (AvgIpc) is 2.88. The number of rotatable bonds is 8. The first kappa shape index (κ1) is 18.2. The zero-order valence-corrected chi connectivity index (χ0v) is 15.1. The van der Waals surface area contributed by atoms with Gasteiger partial charge in [-0.25, -0.2) is 9.67 Å². The van der Waals surface area contributed by atoms with Crippen LogP contribution in [0.4, 0.5) is 0 Å². The number of hydrogen-bond acceptors (Lipinski definition) is 3. The van der Waals surface area contributed by atoms with Crippen LogP contribution in [-0.2, 0) is 11.3 Å². The molecule has 0 spiro atoms. The van der Waals surface area contributed by atoms with Gasteiger partial charge >= 0.3 is 0 Å². The lowest BCUT2D eigenvalue weighted by molar-refractivity contribution is -0.122. The van der Waals surface area contributed by atoms with Gasteiger partial charge in [0.1, 0.15) is 12.4 Å². The Bertz CT molecular complexity index is 649. The Hall–Kier alpha value is -2.17. The number of benzene rings is 1. The molecule has 1 aromatic carbocycles. The van der Waals surface area contributed by atoms with Crippen LogP contribution in [0, 0.1) is 12.8 Å². The van der Waals surface area contributed by atoms with Crippen LogP contribution in [0.1, 0.15) is 45.9 Å². The summed E-state index contributed by atoms with van der Waals surface area (Å²) in [6, 6.07) is 10.0. The minimum absolute atomic E-state index is 0.0193. The van der Waals surface area contributed by atoms with Gasteiger partial charge in [0.05, 0.1) is 0 Å². The molecule has 1 heterocycles. The van der Waals surface area contributed by atoms with Gasteiger partial charge in [-0.1, -0.05) is 57.0 Å². The lowest BCUT2D eigenvalue weighted by atomic mass is 10.0. The quantitative estimate of drug-likeness (QED) is 0.805. The van der Waals surface area contributed by atoms with Gasteiger partial charge in [0.25, 0.3) is 0 Å². The highest BCUT2D eigenvalue weighted by molar-refractivity contribution is 5.76. The van der Waals surface area contributed by atoms with Crippen LogP contribution < -0.4 is 5.32 Å². The van der Waals surface area contributed by atoms with Crippen molar-refractivity contribution in [2.45, 2.75) is 59.5 Å². The van der Waals surface area contributed by atoms with Crippen molar-refractivity contribution < 1.29 is 4.79 Å². The topological polar surface area (TPSA) is 59.8 Å². The fourth-order valence-corrected chi connectivity index (χ4v) is 2.73. The zero-order chi connectivity index (χ0) is 17.5. The Labute approximate surface area is 144 Å². The van der Waals surface area contributed by atoms with Gasteiger partial charge in [0, 0.05) is 11.6 Å². The predicted octanol–water partition coefficient (Wildman–Crippen LogP) is 3.58. The first-order valence-corrected chi connectivity index (χ1v) is 8.72. The van der Waals surface area contributed by atoms with Crippen molar-refractivity contribution in [3.8, 4) is 11.4 Å². The van der Waals surface area contributed by atoms with Crippen molar-refractivity contribution in [1.29, 1.82) is 0 Å². The smallest absolute Gasteiger partial charge is 0.242 e. The molecular weight excluding hydrogens is 300 g/mol. The van der Waals surface area contributed by atoms with E-state index in [0.717, 1.165) is 24.2 Å². The molecule has 5 nitrogen and oxygen atoms in total. The summed E-state index contributed by atoms with van der Waals surface area (Å²) in [6.45, 7) is 8.54. The summed E-state index contributed by atoms with van der Waals surface area (Å²) in [4.78, 5) is 16.8. The monoisotopic (exact) mass is 328 g/mol. The van der Waals surface area contributed by atoms with E-state index in [1.807, 2.05) is 37.3 Å². The van der Waals surface area contributed by atoms with E-state index in [0.29, 0.717) is 11.7 Å². The highest BCUT2D eigenvalue weighted by atomic mass is 16.2. The van der Waals surface area contributed by atoms with Crippen molar-refractivity contribution >= 4 is 5.91 Å². The lowest BCUT2D eigenvalue weighted by Gasteiger charge is -2.15. The Morgan fingerprint density at radius 3 is 2.54 bits per heavy atom. The molecular formula is C19H28N4O. The van der Waals surface area contributed by atoms with Gasteiger partial charge in [-0.2, -0.15) is 5.10 Å². The number of hydrogen-bond donors (Lipinski definition) is 1. The number of amides is 1. The summed E-state index contributed by atoms with van der Waals surface area (Å²) in [5.41, 5.74) is 0.968. The van der Waals surface area contributed by atoms with Gasteiger partial charge < -0.3 is 5.32 Å². The maximum atomic E-state index is 12.3. The Kier molecular flexibility index (Phi) is 6.53. The molecule has 1 amide bonds. The summed E-state index contributed by atoms with van der Waals surface area (Å²) >= 11 is 0. The van der Waals surface area contributed by atoms with Crippen LogP contribution in [0.5, 0.6) is 0 Å². The van der Waals surface area contributed by atoms with E-state index in [1.165, 1.54) is 6.42 Å². The zero-order valence-electron chi connectivity index (χ0n) is 15.1. The molecule has 0 bridgehead atoms. The second kappa shape index (κ2) is 8.62. The summed E-state index contributed by atoms with van der Waals surface area (Å²) in [5, 5.41) is 7.43. The van der Waals surface area contributed by atoms with Crippen LogP contribution in [0.15, 0.2) is 30.3 Å². The number of nitrogens with one attached hydrogen (secondary N) is 1. The SMILES string of the molecule is Cc1nc(-c2ccccc2)n(CC(=O)NC(C)CCCC(C)C)n1. The third kappa shape index (κ3) is 5.48. The van der Waals surface area contributed by atoms with E-state index in [4.69, 9.17) is 0 Å². The molecule has 5 heteroatoms. The maximum Gasteiger partial charge on any atom is 0.242 e. The first-order valence-electron chi connectivity index (χ1n) is 8.72. The molecule has 0 radical (unpaired) electrons. The van der Waals surface area contributed by atoms with Crippen LogP contribution in [-0.4, -0.2) is 26.7 Å². The van der Waals surface area contributed by atoms with Crippen molar-refractivity contribution in [2.75, 3.05) is 0 Å². The predicted molar refractivity (Wildman–Crippen MR) is 96.5 cm³/mol. The van der Waals surface area contributed by atoms with E-state index in [9.17, 15) is 4.79 Å². The molecule has 130 valence electrons. The van der Waals surface area contributed by atoms with Crippen molar-refractivity contribution in [3.63, 3.8) is 0 Å². The molecule has 1 atom stereocenters. The molecule has 2 rings (SSSR count). The lowest BCUT2D eigenvalue weighted by Crippen LogP contribution is -2.35. The van der Waals surface area contributed by atoms with Crippen molar-refractivity contribution in [2.24, 2.45) is 5.92 Å². The van der Waals surface area contributed by atoms with Gasteiger partial charge in [-0.15, -0.1) is 0 Å². The minimum atomic E-state index is -0.0193. The van der Waals surface area contributed by atoms with E-state index in [2.05, 4.69) is 36.2 Å². The molecule has 0 saturated heterocycles. The third-order valence-corrected chi connectivity index (χ3v) is 3.93. The molecule has 0 fully saturated rings. The van der Waals surface area contributed by atoms with Crippen molar-refractivity contribution in [3.05, 3.63) is 36.2 Å².